The van der Waals surface area contributed by atoms with Gasteiger partial charge in [0.1, 0.15) is 6.61 Å². The molecule has 4 nitrogen and oxygen atoms in total. The average molecular weight is 245 g/mol. The number of nitrogens with zero attached hydrogens (tertiary/aromatic N) is 1. The molecule has 0 N–H and O–H groups in total. The molecule has 2 saturated heterocycles. The van der Waals surface area contributed by atoms with Crippen LogP contribution in [0.2, 0.25) is 0 Å². The Morgan fingerprint density at radius 2 is 2.06 bits per heavy atom. The summed E-state index contributed by atoms with van der Waals surface area (Å²) in [5.74, 6) is 0.166. The maximum atomic E-state index is 12.3. The smallest absolute Gasteiger partial charge is 0.253 e. The third kappa shape index (κ3) is 1.93. The maximum Gasteiger partial charge on any atom is 0.253 e. The van der Waals surface area contributed by atoms with Gasteiger partial charge >= 0.3 is 0 Å². The first-order valence-electron chi connectivity index (χ1n) is 6.19. The lowest BCUT2D eigenvalue weighted by molar-refractivity contribution is -0.117. The highest BCUT2D eigenvalue weighted by Crippen LogP contribution is 2.33. The first kappa shape index (κ1) is 11.4. The van der Waals surface area contributed by atoms with Gasteiger partial charge in [-0.1, -0.05) is 18.2 Å². The lowest BCUT2D eigenvalue weighted by Crippen LogP contribution is -2.35. The van der Waals surface area contributed by atoms with Gasteiger partial charge in [-0.3, -0.25) is 9.59 Å². The number of benzene rings is 1. The van der Waals surface area contributed by atoms with Gasteiger partial charge in [0.25, 0.3) is 5.91 Å². The van der Waals surface area contributed by atoms with Crippen LogP contribution in [0, 0.1) is 0 Å². The van der Waals surface area contributed by atoms with E-state index in [4.69, 9.17) is 4.74 Å². The van der Waals surface area contributed by atoms with E-state index in [2.05, 4.69) is 0 Å². The minimum Gasteiger partial charge on any atom is -0.365 e. The summed E-state index contributed by atoms with van der Waals surface area (Å²) in [6, 6.07) is 9.23. The number of carbonyl (C=O) groups is 2. The first-order valence-corrected chi connectivity index (χ1v) is 6.19. The molecule has 0 aliphatic carbocycles. The molecule has 0 aromatic heterocycles. The van der Waals surface area contributed by atoms with Crippen LogP contribution in [0.3, 0.4) is 0 Å². The summed E-state index contributed by atoms with van der Waals surface area (Å²) >= 11 is 0. The van der Waals surface area contributed by atoms with Crippen molar-refractivity contribution in [3.63, 3.8) is 0 Å². The predicted molar refractivity (Wildman–Crippen MR) is 65.3 cm³/mol. The van der Waals surface area contributed by atoms with Crippen LogP contribution < -0.4 is 0 Å². The summed E-state index contributed by atoms with van der Waals surface area (Å²) in [6.07, 6.45) is 1.21. The number of ether oxygens (including phenoxy) is 1. The zero-order valence-corrected chi connectivity index (χ0v) is 10.1. The van der Waals surface area contributed by atoms with E-state index >= 15 is 0 Å². The predicted octanol–water partition coefficient (Wildman–Crippen LogP) is 1.26. The Bertz CT molecular complexity index is 485. The van der Waals surface area contributed by atoms with Crippen molar-refractivity contribution in [1.29, 1.82) is 0 Å². The molecule has 1 amide bonds. The van der Waals surface area contributed by atoms with Crippen molar-refractivity contribution in [1.82, 2.24) is 4.90 Å². The number of amides is 1. The van der Waals surface area contributed by atoms with Gasteiger partial charge in [-0.25, -0.2) is 0 Å². The Labute approximate surface area is 106 Å². The average Bonchev–Trinajstić information content (AvgIpc) is 2.97. The molecule has 0 radical (unpaired) electrons. The number of likely N-dealkylation sites (tertiary alicyclic amines) is 1. The van der Waals surface area contributed by atoms with E-state index in [0.717, 1.165) is 6.42 Å². The minimum absolute atomic E-state index is 0.0235. The lowest BCUT2D eigenvalue weighted by atomic mass is 9.99. The van der Waals surface area contributed by atoms with Crippen LogP contribution in [-0.2, 0) is 9.53 Å². The minimum atomic E-state index is -0.401. The molecule has 1 aromatic carbocycles. The van der Waals surface area contributed by atoms with E-state index < -0.39 is 5.60 Å². The third-order valence-electron chi connectivity index (χ3n) is 3.68. The molecule has 1 unspecified atom stereocenters. The van der Waals surface area contributed by atoms with Gasteiger partial charge in [-0.05, 0) is 18.6 Å². The molecule has 2 fully saturated rings. The largest absolute Gasteiger partial charge is 0.365 e. The molecule has 2 aliphatic rings. The van der Waals surface area contributed by atoms with E-state index in [0.29, 0.717) is 25.1 Å². The highest BCUT2D eigenvalue weighted by atomic mass is 16.5. The Morgan fingerprint density at radius 3 is 2.72 bits per heavy atom. The summed E-state index contributed by atoms with van der Waals surface area (Å²) in [5, 5.41) is 0. The fourth-order valence-corrected chi connectivity index (χ4v) is 2.74. The molecule has 1 aromatic rings. The number of carbonyl (C=O) groups excluding carboxylic acids is 2. The van der Waals surface area contributed by atoms with Gasteiger partial charge in [-0.2, -0.15) is 0 Å². The monoisotopic (exact) mass is 245 g/mol. The van der Waals surface area contributed by atoms with Crippen LogP contribution in [0.4, 0.5) is 0 Å². The van der Waals surface area contributed by atoms with E-state index in [1.54, 1.807) is 4.90 Å². The first-order chi connectivity index (χ1) is 8.69. The molecule has 3 rings (SSSR count). The van der Waals surface area contributed by atoms with Gasteiger partial charge < -0.3 is 9.64 Å². The van der Waals surface area contributed by atoms with Crippen LogP contribution >= 0.6 is 0 Å². The Kier molecular flexibility index (Phi) is 2.67. The molecule has 0 bridgehead atoms. The van der Waals surface area contributed by atoms with Gasteiger partial charge in [0.15, 0.2) is 5.78 Å². The molecule has 1 atom stereocenters. The van der Waals surface area contributed by atoms with Crippen molar-refractivity contribution in [2.75, 3.05) is 19.7 Å². The van der Waals surface area contributed by atoms with Gasteiger partial charge in [0, 0.05) is 18.5 Å². The fraction of sp³-hybridized carbons (Fsp3) is 0.429. The van der Waals surface area contributed by atoms with Crippen LogP contribution in [0.5, 0.6) is 0 Å². The summed E-state index contributed by atoms with van der Waals surface area (Å²) in [6.45, 7) is 1.40. The summed E-state index contributed by atoms with van der Waals surface area (Å²) in [7, 11) is 0. The summed E-state index contributed by atoms with van der Waals surface area (Å²) in [5.41, 5.74) is 0.292. The molecule has 18 heavy (non-hydrogen) atoms. The quantitative estimate of drug-likeness (QED) is 0.748. The molecule has 94 valence electrons. The topological polar surface area (TPSA) is 46.6 Å². The number of hydrogen-bond acceptors (Lipinski definition) is 3. The van der Waals surface area contributed by atoms with Crippen LogP contribution in [-0.4, -0.2) is 41.9 Å². The van der Waals surface area contributed by atoms with Crippen molar-refractivity contribution < 1.29 is 14.3 Å². The third-order valence-corrected chi connectivity index (χ3v) is 3.68. The van der Waals surface area contributed by atoms with E-state index in [-0.39, 0.29) is 18.3 Å². The van der Waals surface area contributed by atoms with E-state index in [1.165, 1.54) is 0 Å². The summed E-state index contributed by atoms with van der Waals surface area (Å²) in [4.78, 5) is 25.4. The normalized spacial score (nSPS) is 27.1. The van der Waals surface area contributed by atoms with Crippen LogP contribution in [0.15, 0.2) is 30.3 Å². The van der Waals surface area contributed by atoms with Gasteiger partial charge in [-0.15, -0.1) is 0 Å². The molecule has 2 heterocycles. The molecular weight excluding hydrogens is 230 g/mol. The Morgan fingerprint density at radius 1 is 1.28 bits per heavy atom. The zero-order valence-electron chi connectivity index (χ0n) is 10.1. The van der Waals surface area contributed by atoms with Crippen molar-refractivity contribution in [3.05, 3.63) is 35.9 Å². The molecule has 0 saturated carbocycles. The zero-order chi connectivity index (χ0) is 12.6. The van der Waals surface area contributed by atoms with Crippen LogP contribution in [0.1, 0.15) is 23.2 Å². The standard InChI is InChI=1S/C14H15NO3/c16-12-8-14(18-9-12)6-7-15(10-14)13(17)11-4-2-1-3-5-11/h1-5H,6-10H2. The lowest BCUT2D eigenvalue weighted by Gasteiger charge is -2.22. The number of ketones is 1. The number of hydrogen-bond donors (Lipinski definition) is 0. The second kappa shape index (κ2) is 4.21. The highest BCUT2D eigenvalue weighted by molar-refractivity contribution is 5.94. The number of Topliss-reactive ketones (excluding diaryl/α,β-unsaturated/α-hetero) is 1. The van der Waals surface area contributed by atoms with Crippen molar-refractivity contribution >= 4 is 11.7 Å². The summed E-state index contributed by atoms with van der Waals surface area (Å²) < 4.78 is 5.59. The van der Waals surface area contributed by atoms with Crippen molar-refractivity contribution in [2.24, 2.45) is 0 Å². The highest BCUT2D eigenvalue weighted by Gasteiger charge is 2.46. The fourth-order valence-electron chi connectivity index (χ4n) is 2.74. The van der Waals surface area contributed by atoms with Gasteiger partial charge in [0.05, 0.1) is 12.1 Å². The van der Waals surface area contributed by atoms with E-state index in [9.17, 15) is 9.59 Å². The van der Waals surface area contributed by atoms with Crippen molar-refractivity contribution in [3.8, 4) is 0 Å². The molecule has 1 spiro atoms. The Hall–Kier alpha value is -1.68. The molecule has 4 heteroatoms. The Balaban J connectivity index is 1.73. The van der Waals surface area contributed by atoms with Crippen LogP contribution in [0.25, 0.3) is 0 Å². The van der Waals surface area contributed by atoms with Crippen molar-refractivity contribution in [2.45, 2.75) is 18.4 Å². The second-order valence-corrected chi connectivity index (χ2v) is 5.03. The maximum absolute atomic E-state index is 12.3. The molecular formula is C14H15NO3. The second-order valence-electron chi connectivity index (χ2n) is 5.03. The van der Waals surface area contributed by atoms with Gasteiger partial charge in [0.2, 0.25) is 0 Å². The van der Waals surface area contributed by atoms with E-state index in [1.807, 2.05) is 30.3 Å². The molecule has 2 aliphatic heterocycles. The number of rotatable bonds is 1. The SMILES string of the molecule is O=C1COC2(CCN(C(=O)c3ccccc3)C2)C1.